The van der Waals surface area contributed by atoms with E-state index < -0.39 is 5.92 Å². The Morgan fingerprint density at radius 3 is 2.68 bits per heavy atom. The number of carbonyl (C=O) groups is 2. The number of para-hydroxylation sites is 2. The van der Waals surface area contributed by atoms with Crippen LogP contribution >= 0.6 is 11.6 Å². The molecular weight excluding hydrogens is 340 g/mol. The summed E-state index contributed by atoms with van der Waals surface area (Å²) in [6.07, 6.45) is 0.186. The van der Waals surface area contributed by atoms with E-state index in [1.54, 1.807) is 41.3 Å². The molecule has 2 aromatic carbocycles. The number of nitrogens with zero attached hydrogens (tertiary/aromatic N) is 1. The first-order valence-corrected chi connectivity index (χ1v) is 8.55. The number of carbonyl (C=O) groups excluding carboxylic acids is 2. The van der Waals surface area contributed by atoms with Crippen LogP contribution in [0.3, 0.4) is 0 Å². The Balaban J connectivity index is 1.70. The lowest BCUT2D eigenvalue weighted by Crippen LogP contribution is -2.28. The Morgan fingerprint density at radius 2 is 1.96 bits per heavy atom. The number of anilines is 2. The number of halogens is 1. The summed E-state index contributed by atoms with van der Waals surface area (Å²) in [6.45, 7) is 2.75. The lowest BCUT2D eigenvalue weighted by atomic mass is 10.1. The van der Waals surface area contributed by atoms with Gasteiger partial charge in [-0.05, 0) is 43.3 Å². The third-order valence-electron chi connectivity index (χ3n) is 4.08. The highest BCUT2D eigenvalue weighted by Crippen LogP contribution is 2.29. The summed E-state index contributed by atoms with van der Waals surface area (Å²) in [5.74, 6) is -0.0346. The van der Waals surface area contributed by atoms with Crippen molar-refractivity contribution in [2.24, 2.45) is 5.92 Å². The Bertz CT molecular complexity index is 776. The predicted molar refractivity (Wildman–Crippen MR) is 98.2 cm³/mol. The van der Waals surface area contributed by atoms with Crippen molar-refractivity contribution in [1.29, 1.82) is 0 Å². The van der Waals surface area contributed by atoms with Crippen molar-refractivity contribution in [1.82, 2.24) is 0 Å². The molecule has 5 nitrogen and oxygen atoms in total. The van der Waals surface area contributed by atoms with Crippen LogP contribution in [0.25, 0.3) is 0 Å². The Kier molecular flexibility index (Phi) is 5.24. The second-order valence-corrected chi connectivity index (χ2v) is 6.24. The monoisotopic (exact) mass is 358 g/mol. The van der Waals surface area contributed by atoms with E-state index in [-0.39, 0.29) is 18.2 Å². The summed E-state index contributed by atoms with van der Waals surface area (Å²) >= 11 is 5.89. The standard InChI is InChI=1S/C19H19ClN2O3/c1-2-25-17-6-4-3-5-16(17)21-19(24)13-11-18(23)22(12-13)15-9-7-14(20)8-10-15/h3-10,13H,2,11-12H2,1H3,(H,21,24)/t13-/m0/s1. The van der Waals surface area contributed by atoms with E-state index in [0.717, 1.165) is 5.69 Å². The van der Waals surface area contributed by atoms with Gasteiger partial charge in [0.15, 0.2) is 0 Å². The summed E-state index contributed by atoms with van der Waals surface area (Å²) in [5.41, 5.74) is 1.37. The maximum Gasteiger partial charge on any atom is 0.229 e. The number of hydrogen-bond acceptors (Lipinski definition) is 3. The minimum absolute atomic E-state index is 0.0689. The molecule has 1 saturated heterocycles. The quantitative estimate of drug-likeness (QED) is 0.886. The molecule has 2 amide bonds. The van der Waals surface area contributed by atoms with Gasteiger partial charge in [-0.2, -0.15) is 0 Å². The van der Waals surface area contributed by atoms with Gasteiger partial charge in [-0.1, -0.05) is 23.7 Å². The van der Waals surface area contributed by atoms with Crippen molar-refractivity contribution >= 4 is 34.8 Å². The van der Waals surface area contributed by atoms with Gasteiger partial charge in [0.2, 0.25) is 11.8 Å². The predicted octanol–water partition coefficient (Wildman–Crippen LogP) is 3.73. The molecule has 1 aliphatic rings. The average Bonchev–Trinajstić information content (AvgIpc) is 2.99. The molecule has 1 fully saturated rings. The molecule has 0 aromatic heterocycles. The van der Waals surface area contributed by atoms with E-state index in [2.05, 4.69) is 5.32 Å². The molecule has 1 N–H and O–H groups in total. The highest BCUT2D eigenvalue weighted by Gasteiger charge is 2.35. The average molecular weight is 359 g/mol. The van der Waals surface area contributed by atoms with Crippen LogP contribution in [0.4, 0.5) is 11.4 Å². The lowest BCUT2D eigenvalue weighted by Gasteiger charge is -2.17. The molecule has 0 saturated carbocycles. The van der Waals surface area contributed by atoms with Gasteiger partial charge in [0.25, 0.3) is 0 Å². The fourth-order valence-electron chi connectivity index (χ4n) is 2.84. The van der Waals surface area contributed by atoms with Crippen molar-refractivity contribution in [3.63, 3.8) is 0 Å². The van der Waals surface area contributed by atoms with Crippen molar-refractivity contribution in [2.45, 2.75) is 13.3 Å². The van der Waals surface area contributed by atoms with Gasteiger partial charge in [0, 0.05) is 23.7 Å². The molecule has 1 heterocycles. The van der Waals surface area contributed by atoms with Crippen LogP contribution in [0.5, 0.6) is 5.75 Å². The van der Waals surface area contributed by atoms with Crippen LogP contribution in [-0.4, -0.2) is 25.0 Å². The Labute approximate surface area is 151 Å². The maximum atomic E-state index is 12.6. The van der Waals surface area contributed by atoms with Crippen molar-refractivity contribution in [2.75, 3.05) is 23.4 Å². The second-order valence-electron chi connectivity index (χ2n) is 5.80. The fraction of sp³-hybridized carbons (Fsp3) is 0.263. The highest BCUT2D eigenvalue weighted by molar-refractivity contribution is 6.30. The van der Waals surface area contributed by atoms with E-state index in [1.807, 2.05) is 19.1 Å². The summed E-state index contributed by atoms with van der Waals surface area (Å²) in [7, 11) is 0. The molecule has 0 radical (unpaired) electrons. The van der Waals surface area contributed by atoms with Gasteiger partial charge in [0.1, 0.15) is 5.75 Å². The van der Waals surface area contributed by atoms with Crippen LogP contribution < -0.4 is 15.0 Å². The van der Waals surface area contributed by atoms with Gasteiger partial charge in [-0.15, -0.1) is 0 Å². The largest absolute Gasteiger partial charge is 0.492 e. The van der Waals surface area contributed by atoms with Crippen LogP contribution in [0.2, 0.25) is 5.02 Å². The smallest absolute Gasteiger partial charge is 0.229 e. The van der Waals surface area contributed by atoms with Crippen molar-refractivity contribution < 1.29 is 14.3 Å². The van der Waals surface area contributed by atoms with E-state index in [4.69, 9.17) is 16.3 Å². The fourth-order valence-corrected chi connectivity index (χ4v) is 2.97. The summed E-state index contributed by atoms with van der Waals surface area (Å²) in [5, 5.41) is 3.48. The zero-order valence-electron chi connectivity index (χ0n) is 13.9. The van der Waals surface area contributed by atoms with Crippen molar-refractivity contribution in [3.05, 3.63) is 53.6 Å². The van der Waals surface area contributed by atoms with Crippen LogP contribution in [0.15, 0.2) is 48.5 Å². The van der Waals surface area contributed by atoms with Gasteiger partial charge < -0.3 is 15.0 Å². The minimum atomic E-state index is -0.405. The number of hydrogen-bond donors (Lipinski definition) is 1. The number of rotatable bonds is 5. The normalized spacial score (nSPS) is 16.8. The molecule has 6 heteroatoms. The number of benzene rings is 2. The molecule has 1 atom stereocenters. The molecule has 130 valence electrons. The third-order valence-corrected chi connectivity index (χ3v) is 4.33. The molecule has 0 unspecified atom stereocenters. The lowest BCUT2D eigenvalue weighted by molar-refractivity contribution is -0.122. The Morgan fingerprint density at radius 1 is 1.24 bits per heavy atom. The number of amides is 2. The zero-order chi connectivity index (χ0) is 17.8. The molecule has 2 aromatic rings. The molecule has 0 spiro atoms. The highest BCUT2D eigenvalue weighted by atomic mass is 35.5. The molecule has 0 bridgehead atoms. The maximum absolute atomic E-state index is 12.6. The first-order valence-electron chi connectivity index (χ1n) is 8.17. The third kappa shape index (κ3) is 3.94. The molecule has 0 aliphatic carbocycles. The molecule has 3 rings (SSSR count). The first kappa shape index (κ1) is 17.3. The molecule has 1 aliphatic heterocycles. The molecular formula is C19H19ClN2O3. The van der Waals surface area contributed by atoms with Crippen LogP contribution in [0, 0.1) is 5.92 Å². The number of ether oxygens (including phenoxy) is 1. The first-order chi connectivity index (χ1) is 12.1. The van der Waals surface area contributed by atoms with E-state index >= 15 is 0 Å². The van der Waals surface area contributed by atoms with Gasteiger partial charge in [0.05, 0.1) is 18.2 Å². The SMILES string of the molecule is CCOc1ccccc1NC(=O)[C@H]1CC(=O)N(c2ccc(Cl)cc2)C1. The van der Waals surface area contributed by atoms with Crippen LogP contribution in [0.1, 0.15) is 13.3 Å². The van der Waals surface area contributed by atoms with Gasteiger partial charge in [-0.25, -0.2) is 0 Å². The molecule has 25 heavy (non-hydrogen) atoms. The second kappa shape index (κ2) is 7.57. The van der Waals surface area contributed by atoms with Crippen LogP contribution in [-0.2, 0) is 9.59 Å². The van der Waals surface area contributed by atoms with Gasteiger partial charge >= 0.3 is 0 Å². The summed E-state index contributed by atoms with van der Waals surface area (Å²) < 4.78 is 5.52. The summed E-state index contributed by atoms with van der Waals surface area (Å²) in [6, 6.07) is 14.3. The zero-order valence-corrected chi connectivity index (χ0v) is 14.6. The van der Waals surface area contributed by atoms with E-state index in [1.165, 1.54) is 0 Å². The van der Waals surface area contributed by atoms with E-state index in [0.29, 0.717) is 29.6 Å². The van der Waals surface area contributed by atoms with Gasteiger partial charge in [-0.3, -0.25) is 9.59 Å². The summed E-state index contributed by atoms with van der Waals surface area (Å²) in [4.78, 5) is 26.5. The minimum Gasteiger partial charge on any atom is -0.492 e. The van der Waals surface area contributed by atoms with E-state index in [9.17, 15) is 9.59 Å². The van der Waals surface area contributed by atoms with Crippen molar-refractivity contribution in [3.8, 4) is 5.75 Å². The number of nitrogens with one attached hydrogen (secondary N) is 1. The topological polar surface area (TPSA) is 58.6 Å². The Hall–Kier alpha value is -2.53.